The lowest BCUT2D eigenvalue weighted by atomic mass is 9.86. The molecule has 0 atom stereocenters. The third-order valence-electron chi connectivity index (χ3n) is 2.28. The number of allylic oxidation sites excluding steroid dienone is 2. The summed E-state index contributed by atoms with van der Waals surface area (Å²) in [6.45, 7) is 17.0. The number of rotatable bonds is 2. The van der Waals surface area contributed by atoms with E-state index in [4.69, 9.17) is 0 Å². The van der Waals surface area contributed by atoms with Crippen molar-refractivity contribution in [1.82, 2.24) is 0 Å². The number of aliphatic imine (C=N–C) groups is 1. The predicted octanol–water partition coefficient (Wildman–Crippen LogP) is 5.13. The van der Waals surface area contributed by atoms with E-state index in [0.29, 0.717) is 0 Å². The molecule has 0 bridgehead atoms. The average molecular weight is 243 g/mol. The summed E-state index contributed by atoms with van der Waals surface area (Å²) >= 11 is 3.92. The molecular formula is C14H29NS. The highest BCUT2D eigenvalue weighted by Crippen LogP contribution is 2.27. The Balaban J connectivity index is 0. The minimum atomic E-state index is 0.239. The molecule has 0 amide bonds. The van der Waals surface area contributed by atoms with Crippen LogP contribution in [-0.4, -0.2) is 11.5 Å². The quantitative estimate of drug-likeness (QED) is 0.510. The van der Waals surface area contributed by atoms with Gasteiger partial charge in [-0.1, -0.05) is 27.7 Å². The molecule has 0 fully saturated rings. The number of hydrogen-bond donors (Lipinski definition) is 1. The van der Waals surface area contributed by atoms with E-state index >= 15 is 0 Å². The number of nitrogens with zero attached hydrogens (tertiary/aromatic N) is 1. The van der Waals surface area contributed by atoms with Crippen LogP contribution in [0.3, 0.4) is 0 Å². The summed E-state index contributed by atoms with van der Waals surface area (Å²) in [5.41, 5.74) is 3.88. The molecule has 0 aromatic carbocycles. The molecule has 2 heteroatoms. The summed E-state index contributed by atoms with van der Waals surface area (Å²) in [6.07, 6.45) is 1.18. The van der Waals surface area contributed by atoms with Gasteiger partial charge < -0.3 is 0 Å². The maximum Gasteiger partial charge on any atom is 0.0366 e. The molecule has 0 saturated carbocycles. The molecule has 0 aliphatic rings. The highest BCUT2D eigenvalue weighted by molar-refractivity contribution is 7.80. The molecule has 0 N–H and O–H groups in total. The van der Waals surface area contributed by atoms with Gasteiger partial charge in [0, 0.05) is 11.4 Å². The Morgan fingerprint density at radius 1 is 1.06 bits per heavy atom. The predicted molar refractivity (Wildman–Crippen MR) is 80.8 cm³/mol. The van der Waals surface area contributed by atoms with Crippen molar-refractivity contribution in [3.63, 3.8) is 0 Å². The molecule has 96 valence electrons. The Kier molecular flexibility index (Phi) is 10.0. The van der Waals surface area contributed by atoms with Gasteiger partial charge in [0.15, 0.2) is 0 Å². The summed E-state index contributed by atoms with van der Waals surface area (Å²) in [5, 5.41) is 0. The highest BCUT2D eigenvalue weighted by Gasteiger charge is 2.14. The van der Waals surface area contributed by atoms with E-state index in [-0.39, 0.29) is 5.41 Å². The Morgan fingerprint density at radius 3 is 1.62 bits per heavy atom. The van der Waals surface area contributed by atoms with Gasteiger partial charge in [-0.25, -0.2) is 0 Å². The second kappa shape index (κ2) is 8.86. The molecule has 16 heavy (non-hydrogen) atoms. The van der Waals surface area contributed by atoms with Crippen LogP contribution in [-0.2, 0) is 0 Å². The normalized spacial score (nSPS) is 12.3. The van der Waals surface area contributed by atoms with Crippen molar-refractivity contribution < 1.29 is 0 Å². The van der Waals surface area contributed by atoms with Gasteiger partial charge in [-0.3, -0.25) is 4.99 Å². The molecular weight excluding hydrogens is 214 g/mol. The summed E-state index contributed by atoms with van der Waals surface area (Å²) in [6, 6.07) is 0. The van der Waals surface area contributed by atoms with Gasteiger partial charge >= 0.3 is 0 Å². The van der Waals surface area contributed by atoms with Crippen LogP contribution in [0.25, 0.3) is 0 Å². The molecule has 0 aliphatic carbocycles. The monoisotopic (exact) mass is 243 g/mol. The largest absolute Gasteiger partial charge is 0.263 e. The van der Waals surface area contributed by atoms with E-state index in [0.717, 1.165) is 17.2 Å². The maximum atomic E-state index is 4.44. The lowest BCUT2D eigenvalue weighted by Crippen LogP contribution is -2.08. The number of hydrogen-bond acceptors (Lipinski definition) is 2. The van der Waals surface area contributed by atoms with Crippen LogP contribution in [0.15, 0.2) is 16.3 Å². The summed E-state index contributed by atoms with van der Waals surface area (Å²) < 4.78 is 0. The maximum absolute atomic E-state index is 4.44. The summed E-state index contributed by atoms with van der Waals surface area (Å²) in [4.78, 5) is 4.44. The molecule has 0 aliphatic heterocycles. The van der Waals surface area contributed by atoms with Crippen molar-refractivity contribution in [3.8, 4) is 0 Å². The molecule has 1 nitrogen and oxygen atoms in total. The molecule has 0 rings (SSSR count). The van der Waals surface area contributed by atoms with Crippen LogP contribution in [0.5, 0.6) is 0 Å². The fourth-order valence-electron chi connectivity index (χ4n) is 0.962. The Labute approximate surface area is 108 Å². The van der Waals surface area contributed by atoms with Crippen LogP contribution in [0, 0.1) is 5.41 Å². The van der Waals surface area contributed by atoms with Crippen LogP contribution >= 0.6 is 12.6 Å². The highest BCUT2D eigenvalue weighted by atomic mass is 32.1. The van der Waals surface area contributed by atoms with Crippen LogP contribution < -0.4 is 0 Å². The first kappa shape index (κ1) is 18.1. The molecule has 0 spiro atoms. The molecule has 0 saturated heterocycles. The molecule has 0 unspecified atom stereocenters. The van der Waals surface area contributed by atoms with E-state index in [2.05, 4.69) is 59.2 Å². The van der Waals surface area contributed by atoms with E-state index in [9.17, 15) is 0 Å². The van der Waals surface area contributed by atoms with Crippen LogP contribution in [0.1, 0.15) is 61.8 Å². The van der Waals surface area contributed by atoms with Crippen molar-refractivity contribution >= 4 is 18.3 Å². The lowest BCUT2D eigenvalue weighted by Gasteiger charge is -2.20. The van der Waals surface area contributed by atoms with Crippen molar-refractivity contribution in [1.29, 1.82) is 0 Å². The van der Waals surface area contributed by atoms with Crippen LogP contribution in [0.2, 0.25) is 0 Å². The van der Waals surface area contributed by atoms with Gasteiger partial charge in [0.25, 0.3) is 0 Å². The van der Waals surface area contributed by atoms with E-state index in [1.807, 2.05) is 13.8 Å². The third-order valence-corrected chi connectivity index (χ3v) is 2.73. The van der Waals surface area contributed by atoms with Crippen molar-refractivity contribution in [2.75, 3.05) is 5.75 Å². The second-order valence-corrected chi connectivity index (χ2v) is 5.69. The van der Waals surface area contributed by atoms with Gasteiger partial charge in [-0.05, 0) is 50.9 Å². The van der Waals surface area contributed by atoms with E-state index in [1.165, 1.54) is 12.0 Å². The van der Waals surface area contributed by atoms with Gasteiger partial charge in [-0.2, -0.15) is 12.6 Å². The Bertz CT molecular complexity index is 238. The summed E-state index contributed by atoms with van der Waals surface area (Å²) in [7, 11) is 0. The molecule has 0 heterocycles. The fraction of sp³-hybridized carbons (Fsp3) is 0.786. The van der Waals surface area contributed by atoms with Crippen molar-refractivity contribution in [2.24, 2.45) is 10.4 Å². The average Bonchev–Trinajstić information content (AvgIpc) is 2.14. The van der Waals surface area contributed by atoms with E-state index < -0.39 is 0 Å². The first-order chi connectivity index (χ1) is 7.16. The first-order valence-electron chi connectivity index (χ1n) is 5.97. The Morgan fingerprint density at radius 2 is 1.44 bits per heavy atom. The van der Waals surface area contributed by atoms with Crippen molar-refractivity contribution in [3.05, 3.63) is 11.3 Å². The minimum Gasteiger partial charge on any atom is -0.263 e. The number of thiol groups is 1. The molecule has 0 radical (unpaired) electrons. The topological polar surface area (TPSA) is 12.4 Å². The lowest BCUT2D eigenvalue weighted by molar-refractivity contribution is 0.498. The molecule has 0 aromatic rings. The fourth-order valence-corrected chi connectivity index (χ4v) is 0.962. The smallest absolute Gasteiger partial charge is 0.0366 e. The second-order valence-electron chi connectivity index (χ2n) is 5.24. The third kappa shape index (κ3) is 10.3. The standard InChI is InChI=1S/C11H21N.C3H8S/c1-8(2)12-10(4)9(3)11(5,6)7;1-2-3-4/h1-7H3;4H,2-3H2,1H3/b10-9+;. The zero-order valence-electron chi connectivity index (χ0n) is 12.3. The van der Waals surface area contributed by atoms with Gasteiger partial charge in [0.05, 0.1) is 0 Å². The minimum absolute atomic E-state index is 0.239. The van der Waals surface area contributed by atoms with Crippen LogP contribution in [0.4, 0.5) is 0 Å². The first-order valence-corrected chi connectivity index (χ1v) is 6.60. The zero-order chi connectivity index (χ0) is 13.4. The van der Waals surface area contributed by atoms with E-state index in [1.54, 1.807) is 0 Å². The molecule has 0 aromatic heterocycles. The van der Waals surface area contributed by atoms with Gasteiger partial charge in [-0.15, -0.1) is 0 Å². The van der Waals surface area contributed by atoms with Gasteiger partial charge in [0.2, 0.25) is 0 Å². The Hall–Kier alpha value is -0.240. The van der Waals surface area contributed by atoms with Crippen molar-refractivity contribution in [2.45, 2.75) is 61.8 Å². The zero-order valence-corrected chi connectivity index (χ0v) is 13.2. The van der Waals surface area contributed by atoms with Gasteiger partial charge in [0.1, 0.15) is 0 Å². The summed E-state index contributed by atoms with van der Waals surface area (Å²) in [5.74, 6) is 1.01. The SMILES string of the molecule is CC(C)=N/C(C)=C(\C)C(C)(C)C.CCCS.